The van der Waals surface area contributed by atoms with Gasteiger partial charge in [-0.25, -0.2) is 0 Å². The second kappa shape index (κ2) is 6.42. The second-order valence-electron chi connectivity index (χ2n) is 6.72. The summed E-state index contributed by atoms with van der Waals surface area (Å²) < 4.78 is 34.0. The predicted octanol–water partition coefficient (Wildman–Crippen LogP) is 2.46. The Morgan fingerprint density at radius 1 is 1.22 bits per heavy atom. The van der Waals surface area contributed by atoms with Crippen molar-refractivity contribution in [2.24, 2.45) is 5.92 Å². The maximum absolute atomic E-state index is 12.8. The lowest BCUT2D eigenvalue weighted by Crippen LogP contribution is -2.45. The minimum absolute atomic E-state index is 0.0973. The van der Waals surface area contributed by atoms with Crippen LogP contribution in [0.1, 0.15) is 37.7 Å². The maximum Gasteiger partial charge on any atom is 0.281 e. The van der Waals surface area contributed by atoms with Crippen LogP contribution >= 0.6 is 0 Å². The highest BCUT2D eigenvalue weighted by Gasteiger charge is 2.40. The zero-order valence-electron chi connectivity index (χ0n) is 14.1. The van der Waals surface area contributed by atoms with Gasteiger partial charge >= 0.3 is 0 Å². The molecule has 1 aliphatic heterocycles. The van der Waals surface area contributed by atoms with Gasteiger partial charge in [-0.05, 0) is 55.7 Å². The van der Waals surface area contributed by atoms with Crippen molar-refractivity contribution in [2.45, 2.75) is 38.1 Å². The van der Waals surface area contributed by atoms with Gasteiger partial charge in [-0.3, -0.25) is 0 Å². The van der Waals surface area contributed by atoms with Gasteiger partial charge in [0.2, 0.25) is 0 Å². The van der Waals surface area contributed by atoms with E-state index in [2.05, 4.69) is 0 Å². The van der Waals surface area contributed by atoms with Crippen molar-refractivity contribution in [2.75, 3.05) is 27.2 Å². The molecule has 0 radical (unpaired) electrons. The van der Waals surface area contributed by atoms with E-state index in [1.807, 2.05) is 31.2 Å². The first-order valence-corrected chi connectivity index (χ1v) is 9.70. The molecule has 0 bridgehead atoms. The summed E-state index contributed by atoms with van der Waals surface area (Å²) in [5, 5.41) is 0. The van der Waals surface area contributed by atoms with E-state index in [0.29, 0.717) is 19.0 Å². The third-order valence-corrected chi connectivity index (χ3v) is 7.35. The van der Waals surface area contributed by atoms with Gasteiger partial charge in [0.05, 0.1) is 7.11 Å². The van der Waals surface area contributed by atoms with E-state index >= 15 is 0 Å². The van der Waals surface area contributed by atoms with E-state index in [0.717, 1.165) is 25.0 Å². The average molecular weight is 338 g/mol. The highest BCUT2D eigenvalue weighted by atomic mass is 32.2. The van der Waals surface area contributed by atoms with Crippen LogP contribution in [0.5, 0.6) is 5.75 Å². The molecule has 1 aromatic carbocycles. The smallest absolute Gasteiger partial charge is 0.281 e. The van der Waals surface area contributed by atoms with Crippen LogP contribution in [0.15, 0.2) is 24.3 Å². The van der Waals surface area contributed by atoms with Gasteiger partial charge in [0.25, 0.3) is 10.2 Å². The number of hydrogen-bond acceptors (Lipinski definition) is 3. The molecule has 3 rings (SSSR count). The minimum atomic E-state index is -3.35. The van der Waals surface area contributed by atoms with Crippen LogP contribution in [0, 0.1) is 5.92 Å². The summed E-state index contributed by atoms with van der Waals surface area (Å²) in [6.45, 7) is 3.18. The van der Waals surface area contributed by atoms with Crippen LogP contribution in [0.3, 0.4) is 0 Å². The van der Waals surface area contributed by atoms with Crippen molar-refractivity contribution >= 4 is 10.2 Å². The first-order chi connectivity index (χ1) is 10.9. The lowest BCUT2D eigenvalue weighted by molar-refractivity contribution is 0.322. The Kier molecular flexibility index (Phi) is 4.67. The normalized spacial score (nSPS) is 24.1. The number of nitrogens with zero attached hydrogens (tertiary/aromatic N) is 2. The topological polar surface area (TPSA) is 49.9 Å². The highest BCUT2D eigenvalue weighted by molar-refractivity contribution is 7.86. The molecule has 2 aliphatic rings. The molecule has 1 aromatic rings. The van der Waals surface area contributed by atoms with Gasteiger partial charge in [0.1, 0.15) is 5.75 Å². The molecule has 1 heterocycles. The molecular weight excluding hydrogens is 312 g/mol. The Morgan fingerprint density at radius 3 is 2.43 bits per heavy atom. The van der Waals surface area contributed by atoms with Crippen LogP contribution in [-0.2, 0) is 10.2 Å². The van der Waals surface area contributed by atoms with E-state index in [9.17, 15) is 8.42 Å². The summed E-state index contributed by atoms with van der Waals surface area (Å²) in [5.41, 5.74) is 1.18. The fourth-order valence-electron chi connectivity index (χ4n) is 3.35. The standard InChI is InChI=1S/C17H26N2O3S/c1-13(14-4-5-14)18(2)23(20,21)19-11-10-16(12-19)15-6-8-17(22-3)9-7-15/h6-9,13-14,16H,4-5,10-12H2,1-3H3/t13-,16-/m1/s1. The zero-order chi connectivity index (χ0) is 16.6. The lowest BCUT2D eigenvalue weighted by Gasteiger charge is -2.29. The van der Waals surface area contributed by atoms with Crippen LogP contribution in [0.4, 0.5) is 0 Å². The summed E-state index contributed by atoms with van der Waals surface area (Å²) in [6.07, 6.45) is 3.17. The molecule has 6 heteroatoms. The first kappa shape index (κ1) is 16.7. The SMILES string of the molecule is COc1ccc([C@@H]2CCN(S(=O)(=O)N(C)[C@H](C)C3CC3)C2)cc1. The van der Waals surface area contributed by atoms with Crippen molar-refractivity contribution in [3.63, 3.8) is 0 Å². The lowest BCUT2D eigenvalue weighted by atomic mass is 9.99. The van der Waals surface area contributed by atoms with Gasteiger partial charge in [-0.15, -0.1) is 0 Å². The molecule has 1 aliphatic carbocycles. The van der Waals surface area contributed by atoms with Crippen LogP contribution < -0.4 is 4.74 Å². The Hall–Kier alpha value is -1.11. The molecular formula is C17H26N2O3S. The molecule has 0 spiro atoms. The Morgan fingerprint density at radius 2 is 1.87 bits per heavy atom. The number of benzene rings is 1. The molecule has 1 saturated carbocycles. The average Bonchev–Trinajstić information content (AvgIpc) is 3.29. The van der Waals surface area contributed by atoms with Gasteiger partial charge in [0, 0.05) is 26.2 Å². The Labute approximate surface area is 139 Å². The summed E-state index contributed by atoms with van der Waals surface area (Å²) in [4.78, 5) is 0. The van der Waals surface area contributed by atoms with Crippen molar-refractivity contribution in [3.05, 3.63) is 29.8 Å². The molecule has 2 atom stereocenters. The van der Waals surface area contributed by atoms with Crippen molar-refractivity contribution in [3.8, 4) is 5.75 Å². The summed E-state index contributed by atoms with van der Waals surface area (Å²) in [7, 11) is 0.0151. The fraction of sp³-hybridized carbons (Fsp3) is 0.647. The minimum Gasteiger partial charge on any atom is -0.497 e. The largest absolute Gasteiger partial charge is 0.497 e. The van der Waals surface area contributed by atoms with E-state index in [1.165, 1.54) is 5.56 Å². The predicted molar refractivity (Wildman–Crippen MR) is 90.8 cm³/mol. The van der Waals surface area contributed by atoms with E-state index in [4.69, 9.17) is 4.74 Å². The van der Waals surface area contributed by atoms with E-state index < -0.39 is 10.2 Å². The van der Waals surface area contributed by atoms with Gasteiger partial charge in [-0.2, -0.15) is 17.0 Å². The quantitative estimate of drug-likeness (QED) is 0.800. The third kappa shape index (κ3) is 3.39. The third-order valence-electron chi connectivity index (χ3n) is 5.31. The van der Waals surface area contributed by atoms with Crippen molar-refractivity contribution < 1.29 is 13.2 Å². The molecule has 0 N–H and O–H groups in total. The second-order valence-corrected chi connectivity index (χ2v) is 8.71. The number of rotatable bonds is 6. The summed E-state index contributed by atoms with van der Waals surface area (Å²) >= 11 is 0. The first-order valence-electron chi connectivity index (χ1n) is 8.30. The molecule has 128 valence electrons. The zero-order valence-corrected chi connectivity index (χ0v) is 14.9. The molecule has 23 heavy (non-hydrogen) atoms. The number of hydrogen-bond donors (Lipinski definition) is 0. The Bertz CT molecular complexity index is 640. The van der Waals surface area contributed by atoms with Crippen molar-refractivity contribution in [1.29, 1.82) is 0 Å². The van der Waals surface area contributed by atoms with E-state index in [1.54, 1.807) is 22.8 Å². The van der Waals surface area contributed by atoms with Gasteiger partial charge in [0.15, 0.2) is 0 Å². The number of methoxy groups -OCH3 is 1. The Balaban J connectivity index is 1.68. The number of ether oxygens (including phenoxy) is 1. The maximum atomic E-state index is 12.8. The van der Waals surface area contributed by atoms with Gasteiger partial charge in [-0.1, -0.05) is 12.1 Å². The van der Waals surface area contributed by atoms with E-state index in [-0.39, 0.29) is 12.0 Å². The molecule has 1 saturated heterocycles. The van der Waals surface area contributed by atoms with Crippen molar-refractivity contribution in [1.82, 2.24) is 8.61 Å². The van der Waals surface area contributed by atoms with Crippen LogP contribution in [-0.4, -0.2) is 50.3 Å². The monoisotopic (exact) mass is 338 g/mol. The van der Waals surface area contributed by atoms with Gasteiger partial charge < -0.3 is 4.74 Å². The summed E-state index contributed by atoms with van der Waals surface area (Å²) in [5.74, 6) is 1.63. The molecule has 0 aromatic heterocycles. The molecule has 0 amide bonds. The fourth-order valence-corrected chi connectivity index (χ4v) is 5.01. The molecule has 0 unspecified atom stereocenters. The van der Waals surface area contributed by atoms with Crippen LogP contribution in [0.2, 0.25) is 0 Å². The molecule has 5 nitrogen and oxygen atoms in total. The summed E-state index contributed by atoms with van der Waals surface area (Å²) in [6, 6.07) is 8.05. The molecule has 2 fully saturated rings. The van der Waals surface area contributed by atoms with Crippen LogP contribution in [0.25, 0.3) is 0 Å². The highest BCUT2D eigenvalue weighted by Crippen LogP contribution is 2.37.